The Morgan fingerprint density at radius 3 is 2.08 bits per heavy atom. The maximum absolute atomic E-state index is 3.98. The van der Waals surface area contributed by atoms with E-state index in [1.54, 1.807) is 11.8 Å². The van der Waals surface area contributed by atoms with Crippen molar-refractivity contribution in [1.29, 1.82) is 0 Å². The molecule has 25 heavy (non-hydrogen) atoms. The Morgan fingerprint density at radius 1 is 0.880 bits per heavy atom. The molecule has 0 N–H and O–H groups in total. The molecule has 0 bridgehead atoms. The quantitative estimate of drug-likeness (QED) is 0.295. The van der Waals surface area contributed by atoms with E-state index in [4.69, 9.17) is 0 Å². The third kappa shape index (κ3) is 2.93. The number of hydrogen-bond acceptors (Lipinski definition) is 1. The fourth-order valence-electron chi connectivity index (χ4n) is 3.24. The highest BCUT2D eigenvalue weighted by atomic mass is 32.2. The molecule has 0 radical (unpaired) electrons. The summed E-state index contributed by atoms with van der Waals surface area (Å²) in [5, 5.41) is 4.66. The summed E-state index contributed by atoms with van der Waals surface area (Å²) in [4.78, 5) is 1.21. The van der Waals surface area contributed by atoms with Crippen LogP contribution in [0.4, 0.5) is 0 Å². The van der Waals surface area contributed by atoms with Gasteiger partial charge in [-0.3, -0.25) is 0 Å². The minimum atomic E-state index is 1.07. The Labute approximate surface area is 154 Å². The van der Waals surface area contributed by atoms with Crippen LogP contribution in [0.3, 0.4) is 0 Å². The summed E-state index contributed by atoms with van der Waals surface area (Å²) in [5.41, 5.74) is 4.53. The Hall–Kier alpha value is -2.61. The SMILES string of the molecule is C=Cc1cc2c(C#CC)c3ccc(C)cc3c(C#CC)c2cc1SC. The molecule has 0 aliphatic heterocycles. The van der Waals surface area contributed by atoms with Gasteiger partial charge in [0.1, 0.15) is 0 Å². The van der Waals surface area contributed by atoms with Crippen molar-refractivity contribution in [3.05, 3.63) is 59.2 Å². The Kier molecular flexibility index (Phi) is 4.89. The van der Waals surface area contributed by atoms with Crippen molar-refractivity contribution >= 4 is 39.4 Å². The number of fused-ring (bicyclic) bond motifs is 2. The van der Waals surface area contributed by atoms with Crippen LogP contribution in [0.15, 0.2) is 41.8 Å². The summed E-state index contributed by atoms with van der Waals surface area (Å²) < 4.78 is 0. The molecule has 0 saturated carbocycles. The van der Waals surface area contributed by atoms with Crippen LogP contribution in [0, 0.1) is 30.6 Å². The topological polar surface area (TPSA) is 0 Å². The number of rotatable bonds is 2. The van der Waals surface area contributed by atoms with Gasteiger partial charge in [-0.05, 0) is 60.9 Å². The van der Waals surface area contributed by atoms with Crippen LogP contribution < -0.4 is 0 Å². The van der Waals surface area contributed by atoms with Gasteiger partial charge in [0.2, 0.25) is 0 Å². The van der Waals surface area contributed by atoms with Gasteiger partial charge in [-0.25, -0.2) is 0 Å². The van der Waals surface area contributed by atoms with Gasteiger partial charge in [0.15, 0.2) is 0 Å². The highest BCUT2D eigenvalue weighted by molar-refractivity contribution is 7.98. The molecule has 0 amide bonds. The van der Waals surface area contributed by atoms with Gasteiger partial charge >= 0.3 is 0 Å². The Morgan fingerprint density at radius 2 is 1.48 bits per heavy atom. The largest absolute Gasteiger partial charge is 0.129 e. The van der Waals surface area contributed by atoms with Crippen molar-refractivity contribution in [2.24, 2.45) is 0 Å². The first-order valence-corrected chi connectivity index (χ1v) is 9.43. The molecular formula is C24H20S. The maximum Gasteiger partial charge on any atom is 0.0403 e. The minimum Gasteiger partial charge on any atom is -0.129 e. The van der Waals surface area contributed by atoms with Gasteiger partial charge in [-0.1, -0.05) is 48.3 Å². The zero-order chi connectivity index (χ0) is 18.0. The van der Waals surface area contributed by atoms with E-state index in [1.165, 1.54) is 21.2 Å². The number of thioether (sulfide) groups is 1. The Bertz CT molecular complexity index is 1130. The lowest BCUT2D eigenvalue weighted by molar-refractivity contribution is 1.46. The maximum atomic E-state index is 3.98. The van der Waals surface area contributed by atoms with Gasteiger partial charge in [-0.2, -0.15) is 0 Å². The second kappa shape index (κ2) is 7.10. The summed E-state index contributed by atoms with van der Waals surface area (Å²) in [6, 6.07) is 11.0. The fraction of sp³-hybridized carbons (Fsp3) is 0.167. The van der Waals surface area contributed by atoms with Crippen molar-refractivity contribution in [3.63, 3.8) is 0 Å². The van der Waals surface area contributed by atoms with Crippen LogP contribution in [0.25, 0.3) is 27.6 Å². The second-order valence-corrected chi connectivity index (χ2v) is 6.74. The van der Waals surface area contributed by atoms with Gasteiger partial charge < -0.3 is 0 Å². The van der Waals surface area contributed by atoms with Crippen molar-refractivity contribution < 1.29 is 0 Å². The monoisotopic (exact) mass is 340 g/mol. The first-order valence-electron chi connectivity index (χ1n) is 8.20. The summed E-state index contributed by atoms with van der Waals surface area (Å²) in [5.74, 6) is 12.9. The number of hydrogen-bond donors (Lipinski definition) is 0. The van der Waals surface area contributed by atoms with E-state index in [0.717, 1.165) is 27.5 Å². The summed E-state index contributed by atoms with van der Waals surface area (Å²) in [6.45, 7) is 9.87. The molecule has 0 unspecified atom stereocenters. The van der Waals surface area contributed by atoms with Crippen LogP contribution in [-0.2, 0) is 0 Å². The molecule has 3 rings (SSSR count). The van der Waals surface area contributed by atoms with Crippen LogP contribution in [0.1, 0.15) is 36.1 Å². The smallest absolute Gasteiger partial charge is 0.0403 e. The summed E-state index contributed by atoms with van der Waals surface area (Å²) in [7, 11) is 0. The zero-order valence-electron chi connectivity index (χ0n) is 15.1. The molecule has 3 aromatic rings. The van der Waals surface area contributed by atoms with E-state index < -0.39 is 0 Å². The Balaban J connectivity index is 2.67. The number of benzene rings is 3. The average Bonchev–Trinajstić information content (AvgIpc) is 2.63. The van der Waals surface area contributed by atoms with Crippen LogP contribution >= 0.6 is 11.8 Å². The highest BCUT2D eigenvalue weighted by Crippen LogP contribution is 2.36. The molecule has 0 spiro atoms. The van der Waals surface area contributed by atoms with Gasteiger partial charge in [0.05, 0.1) is 0 Å². The third-order valence-electron chi connectivity index (χ3n) is 4.34. The molecule has 0 nitrogen and oxygen atoms in total. The van der Waals surface area contributed by atoms with E-state index in [0.29, 0.717) is 0 Å². The molecular weight excluding hydrogens is 320 g/mol. The third-order valence-corrected chi connectivity index (χ3v) is 5.14. The molecule has 0 fully saturated rings. The first-order chi connectivity index (χ1) is 12.1. The van der Waals surface area contributed by atoms with E-state index >= 15 is 0 Å². The van der Waals surface area contributed by atoms with E-state index in [1.807, 2.05) is 19.9 Å². The zero-order valence-corrected chi connectivity index (χ0v) is 15.9. The summed E-state index contributed by atoms with van der Waals surface area (Å²) >= 11 is 1.73. The lowest BCUT2D eigenvalue weighted by atomic mass is 9.90. The molecule has 122 valence electrons. The van der Waals surface area contributed by atoms with E-state index in [9.17, 15) is 0 Å². The second-order valence-electron chi connectivity index (χ2n) is 5.89. The highest BCUT2D eigenvalue weighted by Gasteiger charge is 2.14. The molecule has 0 aromatic heterocycles. The normalized spacial score (nSPS) is 10.1. The van der Waals surface area contributed by atoms with Crippen molar-refractivity contribution in [2.45, 2.75) is 25.7 Å². The fourth-order valence-corrected chi connectivity index (χ4v) is 3.85. The lowest BCUT2D eigenvalue weighted by Gasteiger charge is -2.14. The summed E-state index contributed by atoms with van der Waals surface area (Å²) in [6.07, 6.45) is 4.01. The van der Waals surface area contributed by atoms with Gasteiger partial charge in [0.25, 0.3) is 0 Å². The predicted octanol–water partition coefficient (Wildman–Crippen LogP) is 6.41. The molecule has 0 aliphatic carbocycles. The minimum absolute atomic E-state index is 1.07. The lowest BCUT2D eigenvalue weighted by Crippen LogP contribution is -1.93. The number of aryl methyl sites for hydroxylation is 1. The van der Waals surface area contributed by atoms with E-state index in [-0.39, 0.29) is 0 Å². The molecule has 3 aromatic carbocycles. The standard InChI is InChI=1S/C24H20S/c1-6-9-18-20-12-11-16(4)13-21(20)19(10-7-2)23-15-24(25-5)17(8-3)14-22(18)23/h8,11-15H,3H2,1-2,4-5H3. The molecule has 0 saturated heterocycles. The molecule has 0 aliphatic rings. The van der Waals surface area contributed by atoms with Gasteiger partial charge in [-0.15, -0.1) is 23.6 Å². The first kappa shape index (κ1) is 17.2. The van der Waals surface area contributed by atoms with Gasteiger partial charge in [0, 0.05) is 21.4 Å². The molecule has 1 heteroatoms. The van der Waals surface area contributed by atoms with Crippen LogP contribution in [-0.4, -0.2) is 6.26 Å². The predicted molar refractivity (Wildman–Crippen MR) is 113 cm³/mol. The molecule has 0 heterocycles. The van der Waals surface area contributed by atoms with Crippen molar-refractivity contribution in [1.82, 2.24) is 0 Å². The van der Waals surface area contributed by atoms with E-state index in [2.05, 4.69) is 73.8 Å². The van der Waals surface area contributed by atoms with Crippen LogP contribution in [0.5, 0.6) is 0 Å². The molecule has 0 atom stereocenters. The average molecular weight is 340 g/mol. The van der Waals surface area contributed by atoms with Crippen molar-refractivity contribution in [3.8, 4) is 23.7 Å². The van der Waals surface area contributed by atoms with Crippen molar-refractivity contribution in [2.75, 3.05) is 6.26 Å². The van der Waals surface area contributed by atoms with Crippen LogP contribution in [0.2, 0.25) is 0 Å².